The molecular formula is C17H18ClN3O4S. The van der Waals surface area contributed by atoms with Crippen LogP contribution in [0.3, 0.4) is 0 Å². The van der Waals surface area contributed by atoms with Crippen molar-refractivity contribution in [1.29, 1.82) is 0 Å². The van der Waals surface area contributed by atoms with Gasteiger partial charge >= 0.3 is 0 Å². The molecule has 0 bridgehead atoms. The van der Waals surface area contributed by atoms with Crippen LogP contribution in [0.25, 0.3) is 0 Å². The molecule has 0 aromatic heterocycles. The lowest BCUT2D eigenvalue weighted by molar-refractivity contribution is -0.387. The van der Waals surface area contributed by atoms with Crippen molar-refractivity contribution in [3.8, 4) is 0 Å². The summed E-state index contributed by atoms with van der Waals surface area (Å²) >= 11 is 6.18. The number of nitro groups is 1. The first kappa shape index (κ1) is 18.8. The molecule has 0 atom stereocenters. The summed E-state index contributed by atoms with van der Waals surface area (Å²) in [5.41, 5.74) is 0.593. The molecule has 26 heavy (non-hydrogen) atoms. The summed E-state index contributed by atoms with van der Waals surface area (Å²) in [6, 6.07) is 13.0. The van der Waals surface area contributed by atoms with Gasteiger partial charge in [-0.05, 0) is 17.7 Å². The maximum absolute atomic E-state index is 12.8. The number of nitro benzene ring substituents is 1. The van der Waals surface area contributed by atoms with E-state index in [1.165, 1.54) is 28.6 Å². The molecule has 0 unspecified atom stereocenters. The third-order valence-corrected chi connectivity index (χ3v) is 6.68. The lowest BCUT2D eigenvalue weighted by Gasteiger charge is -2.34. The first-order chi connectivity index (χ1) is 12.4. The predicted molar refractivity (Wildman–Crippen MR) is 98.6 cm³/mol. The zero-order chi connectivity index (χ0) is 18.7. The standard InChI is InChI=1S/C17H18ClN3O4S/c18-15-6-2-1-5-14(15)13-19-9-11-20(12-10-19)26(24,25)17-8-4-3-7-16(17)21(22)23/h1-8H,9-13H2. The maximum atomic E-state index is 12.8. The molecule has 1 aliphatic heterocycles. The molecule has 0 spiro atoms. The van der Waals surface area contributed by atoms with Crippen LogP contribution < -0.4 is 0 Å². The van der Waals surface area contributed by atoms with Crippen molar-refractivity contribution in [3.63, 3.8) is 0 Å². The highest BCUT2D eigenvalue weighted by molar-refractivity contribution is 7.89. The van der Waals surface area contributed by atoms with Crippen molar-refractivity contribution < 1.29 is 13.3 Å². The number of hydrogen-bond donors (Lipinski definition) is 0. The molecule has 0 radical (unpaired) electrons. The fourth-order valence-electron chi connectivity index (χ4n) is 2.96. The highest BCUT2D eigenvalue weighted by Crippen LogP contribution is 2.27. The first-order valence-corrected chi connectivity index (χ1v) is 9.91. The summed E-state index contributed by atoms with van der Waals surface area (Å²) in [5, 5.41) is 11.8. The van der Waals surface area contributed by atoms with Gasteiger partial charge in [0.05, 0.1) is 4.92 Å². The van der Waals surface area contributed by atoms with Crippen LogP contribution in [-0.4, -0.2) is 48.7 Å². The summed E-state index contributed by atoms with van der Waals surface area (Å²) in [7, 11) is -3.90. The van der Waals surface area contributed by atoms with Gasteiger partial charge in [-0.2, -0.15) is 4.31 Å². The van der Waals surface area contributed by atoms with E-state index in [9.17, 15) is 18.5 Å². The predicted octanol–water partition coefficient (Wildman–Crippen LogP) is 2.75. The van der Waals surface area contributed by atoms with E-state index < -0.39 is 20.6 Å². The Kier molecular flexibility index (Phi) is 5.57. The normalized spacial score (nSPS) is 16.5. The van der Waals surface area contributed by atoms with Crippen LogP contribution in [0.2, 0.25) is 5.02 Å². The number of halogens is 1. The molecule has 1 fully saturated rings. The minimum Gasteiger partial charge on any atom is -0.296 e. The average molecular weight is 396 g/mol. The van der Waals surface area contributed by atoms with E-state index >= 15 is 0 Å². The van der Waals surface area contributed by atoms with Gasteiger partial charge < -0.3 is 0 Å². The summed E-state index contributed by atoms with van der Waals surface area (Å²) < 4.78 is 26.9. The topological polar surface area (TPSA) is 83.8 Å². The number of benzene rings is 2. The molecule has 1 aliphatic rings. The molecule has 138 valence electrons. The van der Waals surface area contributed by atoms with E-state index in [0.29, 0.717) is 24.7 Å². The Balaban J connectivity index is 1.72. The number of sulfonamides is 1. The smallest absolute Gasteiger partial charge is 0.289 e. The van der Waals surface area contributed by atoms with Crippen LogP contribution in [0.1, 0.15) is 5.56 Å². The molecule has 0 amide bonds. The average Bonchev–Trinajstić information content (AvgIpc) is 2.64. The van der Waals surface area contributed by atoms with Crippen LogP contribution in [-0.2, 0) is 16.6 Å². The fraction of sp³-hybridized carbons (Fsp3) is 0.294. The molecule has 9 heteroatoms. The van der Waals surface area contributed by atoms with Gasteiger partial charge in [0.25, 0.3) is 5.69 Å². The van der Waals surface area contributed by atoms with Gasteiger partial charge in [0.1, 0.15) is 0 Å². The molecule has 1 heterocycles. The second kappa shape index (κ2) is 7.71. The summed E-state index contributed by atoms with van der Waals surface area (Å²) in [5.74, 6) is 0. The second-order valence-corrected chi connectivity index (χ2v) is 8.31. The molecule has 0 aliphatic carbocycles. The van der Waals surface area contributed by atoms with E-state index in [1.54, 1.807) is 0 Å². The zero-order valence-electron chi connectivity index (χ0n) is 13.9. The number of piperazine rings is 1. The first-order valence-electron chi connectivity index (χ1n) is 8.09. The zero-order valence-corrected chi connectivity index (χ0v) is 15.5. The van der Waals surface area contributed by atoms with Crippen LogP contribution in [0.4, 0.5) is 5.69 Å². The minimum absolute atomic E-state index is 0.260. The molecule has 0 N–H and O–H groups in total. The lowest BCUT2D eigenvalue weighted by atomic mass is 10.2. The molecular weight excluding hydrogens is 378 g/mol. The summed E-state index contributed by atoms with van der Waals surface area (Å²) in [6.45, 7) is 2.26. The van der Waals surface area contributed by atoms with Gasteiger partial charge in [-0.3, -0.25) is 15.0 Å². The number of rotatable bonds is 5. The number of nitrogens with zero attached hydrogens (tertiary/aromatic N) is 3. The molecule has 3 rings (SSSR count). The van der Waals surface area contributed by atoms with E-state index in [-0.39, 0.29) is 18.0 Å². The van der Waals surface area contributed by atoms with Crippen LogP contribution in [0, 0.1) is 10.1 Å². The van der Waals surface area contributed by atoms with Crippen molar-refractivity contribution in [2.45, 2.75) is 11.4 Å². The van der Waals surface area contributed by atoms with Crippen molar-refractivity contribution in [2.24, 2.45) is 0 Å². The minimum atomic E-state index is -3.90. The Hall–Kier alpha value is -2.00. The SMILES string of the molecule is O=[N+]([O-])c1ccccc1S(=O)(=O)N1CCN(Cc2ccccc2Cl)CC1. The van der Waals surface area contributed by atoms with Crippen molar-refractivity contribution in [3.05, 3.63) is 69.2 Å². The van der Waals surface area contributed by atoms with Gasteiger partial charge in [-0.15, -0.1) is 0 Å². The van der Waals surface area contributed by atoms with E-state index in [1.807, 2.05) is 24.3 Å². The Morgan fingerprint density at radius 3 is 2.27 bits per heavy atom. The highest BCUT2D eigenvalue weighted by Gasteiger charge is 2.33. The number of hydrogen-bond acceptors (Lipinski definition) is 5. The van der Waals surface area contributed by atoms with Crippen molar-refractivity contribution >= 4 is 27.3 Å². The molecule has 2 aromatic carbocycles. The van der Waals surface area contributed by atoms with E-state index in [4.69, 9.17) is 11.6 Å². The van der Waals surface area contributed by atoms with Gasteiger partial charge in [0, 0.05) is 43.8 Å². The quantitative estimate of drug-likeness (QED) is 0.574. The van der Waals surface area contributed by atoms with Gasteiger partial charge in [0.2, 0.25) is 10.0 Å². The Morgan fingerprint density at radius 2 is 1.62 bits per heavy atom. The summed E-state index contributed by atoms with van der Waals surface area (Å²) in [6.07, 6.45) is 0. The lowest BCUT2D eigenvalue weighted by Crippen LogP contribution is -2.48. The van der Waals surface area contributed by atoms with Gasteiger partial charge in [0.15, 0.2) is 4.90 Å². The number of para-hydroxylation sites is 1. The Morgan fingerprint density at radius 1 is 1.00 bits per heavy atom. The molecule has 0 saturated carbocycles. The molecule has 2 aromatic rings. The third-order valence-electron chi connectivity index (χ3n) is 4.36. The molecule has 1 saturated heterocycles. The Labute approximate surface area is 157 Å². The van der Waals surface area contributed by atoms with Crippen molar-refractivity contribution in [1.82, 2.24) is 9.21 Å². The maximum Gasteiger partial charge on any atom is 0.289 e. The van der Waals surface area contributed by atoms with Gasteiger partial charge in [-0.25, -0.2) is 8.42 Å². The monoisotopic (exact) mass is 395 g/mol. The fourth-order valence-corrected chi connectivity index (χ4v) is 4.74. The third kappa shape index (κ3) is 3.88. The van der Waals surface area contributed by atoms with Gasteiger partial charge in [-0.1, -0.05) is 41.9 Å². The van der Waals surface area contributed by atoms with Crippen LogP contribution >= 0.6 is 11.6 Å². The van der Waals surface area contributed by atoms with Crippen LogP contribution in [0.15, 0.2) is 53.4 Å². The van der Waals surface area contributed by atoms with Crippen LogP contribution in [0.5, 0.6) is 0 Å². The second-order valence-electron chi connectivity index (χ2n) is 6.00. The van der Waals surface area contributed by atoms with Crippen molar-refractivity contribution in [2.75, 3.05) is 26.2 Å². The summed E-state index contributed by atoms with van der Waals surface area (Å²) in [4.78, 5) is 12.3. The largest absolute Gasteiger partial charge is 0.296 e. The Bertz CT molecular complexity index is 912. The molecule has 7 nitrogen and oxygen atoms in total. The highest BCUT2D eigenvalue weighted by atomic mass is 35.5. The van der Waals surface area contributed by atoms with E-state index in [2.05, 4.69) is 4.90 Å². The van der Waals surface area contributed by atoms with E-state index in [0.717, 1.165) is 5.56 Å².